The molecule has 3 aliphatic heterocycles. The van der Waals surface area contributed by atoms with Crippen LogP contribution in [0.4, 0.5) is 11.4 Å². The van der Waals surface area contributed by atoms with Crippen molar-refractivity contribution in [2.24, 2.45) is 13.0 Å². The highest BCUT2D eigenvalue weighted by atomic mass is 35.5. The van der Waals surface area contributed by atoms with E-state index < -0.39 is 12.2 Å². The minimum atomic E-state index is -0.770. The zero-order valence-electron chi connectivity index (χ0n) is 27.0. The molecule has 48 heavy (non-hydrogen) atoms. The Morgan fingerprint density at radius 3 is 2.73 bits per heavy atom. The summed E-state index contributed by atoms with van der Waals surface area (Å²) in [5.74, 6) is -0.613. The lowest BCUT2D eigenvalue weighted by Gasteiger charge is -2.21. The number of ether oxygens (including phenoxy) is 1. The third-order valence-electron chi connectivity index (χ3n) is 9.66. The third-order valence-corrected chi connectivity index (χ3v) is 10.1. The summed E-state index contributed by atoms with van der Waals surface area (Å²) in [5.41, 5.74) is 8.01. The number of nitrogens with one attached hydrogen (secondary N) is 2. The molecule has 2 atom stereocenters. The van der Waals surface area contributed by atoms with Gasteiger partial charge in [0.15, 0.2) is 17.8 Å². The van der Waals surface area contributed by atoms with E-state index in [-0.39, 0.29) is 11.8 Å². The van der Waals surface area contributed by atoms with Crippen molar-refractivity contribution >= 4 is 34.9 Å². The number of benzene rings is 3. The van der Waals surface area contributed by atoms with Crippen molar-refractivity contribution in [2.75, 3.05) is 37.3 Å². The standard InChI is InChI=1S/C36H36ClN7O4/c1-20-24(26-8-5-9-27(31(26)37)40-34(45)33-39-29-19-42(2)12-11-30(29)43(33)3)6-4-7-25(20)35-41-28-15-21(14-23(16-38)32(28)48-35)17-44-13-10-22(18-44)36(46)47/h4-9,14-15,22,35,41H,10-13,17-19H2,1-3H3,(H,40,45)(H,46,47)/t22-,35?/m1/s1. The topological polar surface area (TPSA) is 136 Å². The Labute approximate surface area is 283 Å². The van der Waals surface area contributed by atoms with Crippen molar-refractivity contribution in [3.63, 3.8) is 0 Å². The van der Waals surface area contributed by atoms with E-state index >= 15 is 0 Å². The van der Waals surface area contributed by atoms with Crippen molar-refractivity contribution in [1.29, 1.82) is 5.26 Å². The number of amides is 1. The van der Waals surface area contributed by atoms with Crippen LogP contribution in [0.25, 0.3) is 11.1 Å². The summed E-state index contributed by atoms with van der Waals surface area (Å²) in [7, 11) is 3.92. The first-order valence-electron chi connectivity index (χ1n) is 16.0. The average Bonchev–Trinajstić information content (AvgIpc) is 3.79. The second-order valence-corrected chi connectivity index (χ2v) is 13.2. The molecule has 0 bridgehead atoms. The van der Waals surface area contributed by atoms with Crippen molar-refractivity contribution in [2.45, 2.75) is 39.1 Å². The number of imidazole rings is 1. The molecule has 3 N–H and O–H groups in total. The fourth-order valence-electron chi connectivity index (χ4n) is 7.07. The van der Waals surface area contributed by atoms with Crippen LogP contribution < -0.4 is 15.4 Å². The number of anilines is 2. The Morgan fingerprint density at radius 1 is 1.17 bits per heavy atom. The summed E-state index contributed by atoms with van der Waals surface area (Å²) >= 11 is 6.98. The number of carbonyl (C=O) groups excluding carboxylic acids is 1. The van der Waals surface area contributed by atoms with E-state index in [0.717, 1.165) is 57.9 Å². The number of hydrogen-bond acceptors (Lipinski definition) is 8. The summed E-state index contributed by atoms with van der Waals surface area (Å²) in [5, 5.41) is 26.2. The van der Waals surface area contributed by atoms with Crippen LogP contribution in [0.2, 0.25) is 5.02 Å². The summed E-state index contributed by atoms with van der Waals surface area (Å²) in [6.07, 6.45) is 0.916. The molecule has 0 aliphatic carbocycles. The number of carboxylic acid groups (broad SMARTS) is 1. The molecule has 246 valence electrons. The van der Waals surface area contributed by atoms with Crippen molar-refractivity contribution in [1.82, 2.24) is 19.4 Å². The van der Waals surface area contributed by atoms with Gasteiger partial charge in [-0.1, -0.05) is 41.9 Å². The van der Waals surface area contributed by atoms with Gasteiger partial charge >= 0.3 is 5.97 Å². The second-order valence-electron chi connectivity index (χ2n) is 12.8. The number of hydrogen-bond donors (Lipinski definition) is 3. The Balaban J connectivity index is 1.12. The Hall–Kier alpha value is -4.89. The van der Waals surface area contributed by atoms with Crippen LogP contribution in [0.1, 0.15) is 56.9 Å². The van der Waals surface area contributed by atoms with E-state index in [4.69, 9.17) is 16.3 Å². The van der Waals surface area contributed by atoms with Gasteiger partial charge in [0.2, 0.25) is 0 Å². The minimum absolute atomic E-state index is 0.320. The smallest absolute Gasteiger partial charge is 0.307 e. The molecule has 7 rings (SSSR count). The number of likely N-dealkylation sites (N-methyl/N-ethyl adjacent to an activating group) is 1. The van der Waals surface area contributed by atoms with Crippen LogP contribution >= 0.6 is 11.6 Å². The number of aromatic nitrogens is 2. The van der Waals surface area contributed by atoms with Crippen molar-refractivity contribution in [3.05, 3.63) is 93.0 Å². The zero-order valence-corrected chi connectivity index (χ0v) is 27.8. The lowest BCUT2D eigenvalue weighted by molar-refractivity contribution is -0.141. The van der Waals surface area contributed by atoms with Crippen molar-refractivity contribution in [3.8, 4) is 22.9 Å². The van der Waals surface area contributed by atoms with Crippen LogP contribution in [-0.2, 0) is 31.4 Å². The Kier molecular flexibility index (Phi) is 8.33. The van der Waals surface area contributed by atoms with E-state index in [1.165, 1.54) is 0 Å². The SMILES string of the molecule is Cc1c(-c2cccc(NC(=O)c3nc4c(n3C)CCN(C)C4)c2Cl)cccc1C1Nc2cc(CN3CC[C@@H](C(=O)O)C3)cc(C#N)c2O1. The van der Waals surface area contributed by atoms with Gasteiger partial charge in [0.05, 0.1) is 33.6 Å². The van der Waals surface area contributed by atoms with Crippen LogP contribution in [0.15, 0.2) is 48.5 Å². The molecule has 1 fully saturated rings. The van der Waals surface area contributed by atoms with Gasteiger partial charge in [0.1, 0.15) is 6.07 Å². The highest BCUT2D eigenvalue weighted by Gasteiger charge is 2.31. The molecule has 11 nitrogen and oxygen atoms in total. The van der Waals surface area contributed by atoms with E-state index in [1.54, 1.807) is 6.07 Å². The molecule has 12 heteroatoms. The van der Waals surface area contributed by atoms with Crippen LogP contribution in [0, 0.1) is 24.2 Å². The molecule has 0 saturated carbocycles. The number of aliphatic carboxylic acids is 1. The van der Waals surface area contributed by atoms with E-state index in [0.29, 0.717) is 60.4 Å². The maximum Gasteiger partial charge on any atom is 0.307 e. The average molecular weight is 666 g/mol. The van der Waals surface area contributed by atoms with Gasteiger partial charge in [0, 0.05) is 56.5 Å². The fourth-order valence-corrected chi connectivity index (χ4v) is 7.34. The third kappa shape index (κ3) is 5.76. The first kappa shape index (κ1) is 31.7. The molecule has 0 radical (unpaired) electrons. The summed E-state index contributed by atoms with van der Waals surface area (Å²) in [6, 6.07) is 17.5. The molecule has 1 saturated heterocycles. The number of nitriles is 1. The highest BCUT2D eigenvalue weighted by Crippen LogP contribution is 2.44. The molecule has 3 aromatic carbocycles. The molecule has 1 aromatic heterocycles. The molecule has 1 amide bonds. The largest absolute Gasteiger partial charge is 0.481 e. The zero-order chi connectivity index (χ0) is 33.7. The van der Waals surface area contributed by atoms with Gasteiger partial charge in [0.25, 0.3) is 5.91 Å². The van der Waals surface area contributed by atoms with E-state index in [9.17, 15) is 20.0 Å². The van der Waals surface area contributed by atoms with E-state index in [2.05, 4.69) is 31.5 Å². The molecular formula is C36H36ClN7O4. The molecule has 1 unspecified atom stereocenters. The number of carbonyl (C=O) groups is 2. The molecule has 0 spiro atoms. The van der Waals surface area contributed by atoms with Crippen molar-refractivity contribution < 1.29 is 19.4 Å². The first-order valence-corrected chi connectivity index (χ1v) is 16.4. The Bertz CT molecular complexity index is 2000. The number of rotatable bonds is 7. The lowest BCUT2D eigenvalue weighted by Crippen LogP contribution is -2.27. The molecule has 4 heterocycles. The highest BCUT2D eigenvalue weighted by molar-refractivity contribution is 6.36. The number of nitrogens with zero attached hydrogens (tertiary/aromatic N) is 5. The first-order chi connectivity index (χ1) is 23.1. The van der Waals surface area contributed by atoms with Gasteiger partial charge in [-0.05, 0) is 61.8 Å². The van der Waals surface area contributed by atoms with Gasteiger partial charge in [-0.15, -0.1) is 0 Å². The molecule has 3 aliphatic rings. The van der Waals surface area contributed by atoms with Gasteiger partial charge in [-0.2, -0.15) is 5.26 Å². The summed E-state index contributed by atoms with van der Waals surface area (Å²) in [6.45, 7) is 5.37. The van der Waals surface area contributed by atoms with Gasteiger partial charge in [-0.3, -0.25) is 14.5 Å². The maximum atomic E-state index is 13.4. The normalized spacial score (nSPS) is 18.8. The lowest BCUT2D eigenvalue weighted by atomic mass is 9.95. The maximum absolute atomic E-state index is 13.4. The molecular weight excluding hydrogens is 630 g/mol. The monoisotopic (exact) mass is 665 g/mol. The quantitative estimate of drug-likeness (QED) is 0.231. The predicted molar refractivity (Wildman–Crippen MR) is 182 cm³/mol. The van der Waals surface area contributed by atoms with Crippen LogP contribution in [0.3, 0.4) is 0 Å². The Morgan fingerprint density at radius 2 is 1.96 bits per heavy atom. The van der Waals surface area contributed by atoms with Crippen LogP contribution in [0.5, 0.6) is 5.75 Å². The number of halogens is 1. The summed E-state index contributed by atoms with van der Waals surface area (Å²) in [4.78, 5) is 33.8. The van der Waals surface area contributed by atoms with E-state index in [1.807, 2.05) is 68.1 Å². The van der Waals surface area contributed by atoms with Gasteiger partial charge in [-0.25, -0.2) is 4.98 Å². The molecule has 4 aromatic rings. The number of fused-ring (bicyclic) bond motifs is 2. The number of carboxylic acids is 1. The number of likely N-dealkylation sites (tertiary alicyclic amines) is 1. The minimum Gasteiger partial charge on any atom is -0.481 e. The summed E-state index contributed by atoms with van der Waals surface area (Å²) < 4.78 is 8.21. The van der Waals surface area contributed by atoms with Gasteiger partial charge < -0.3 is 29.9 Å². The fraction of sp³-hybridized carbons (Fsp3) is 0.333. The van der Waals surface area contributed by atoms with Crippen LogP contribution in [-0.4, -0.2) is 63.0 Å². The predicted octanol–water partition coefficient (Wildman–Crippen LogP) is 5.57. The second kappa shape index (κ2) is 12.6.